The van der Waals surface area contributed by atoms with E-state index in [1.807, 2.05) is 55.9 Å². The van der Waals surface area contributed by atoms with Gasteiger partial charge in [0.25, 0.3) is 0 Å². The van der Waals surface area contributed by atoms with Gasteiger partial charge in [0.1, 0.15) is 0 Å². The summed E-state index contributed by atoms with van der Waals surface area (Å²) in [4.78, 5) is 19.5. The number of H-pyrrole nitrogens is 1. The van der Waals surface area contributed by atoms with Crippen LogP contribution in [0.25, 0.3) is 11.3 Å². The highest BCUT2D eigenvalue weighted by Crippen LogP contribution is 2.33. The van der Waals surface area contributed by atoms with E-state index in [1.54, 1.807) is 6.08 Å². The predicted octanol–water partition coefficient (Wildman–Crippen LogP) is 5.72. The Hall–Kier alpha value is -4.24. The average molecular weight is 599 g/mol. The van der Waals surface area contributed by atoms with Crippen LogP contribution in [0.15, 0.2) is 94.7 Å². The number of hydrogen-bond acceptors (Lipinski definition) is 3. The van der Waals surface area contributed by atoms with Crippen LogP contribution < -0.4 is 15.9 Å². The van der Waals surface area contributed by atoms with Crippen LogP contribution in [0.5, 0.6) is 0 Å². The third-order valence-corrected chi connectivity index (χ3v) is 8.69. The molecule has 228 valence electrons. The first kappa shape index (κ1) is 29.8. The highest BCUT2D eigenvalue weighted by atomic mass is 19.4. The van der Waals surface area contributed by atoms with E-state index in [4.69, 9.17) is 4.99 Å². The number of allylic oxidation sites excluding steroid dienone is 4. The smallest absolute Gasteiger partial charge is 0.358 e. The summed E-state index contributed by atoms with van der Waals surface area (Å²) in [6.07, 6.45) is 8.90. The Morgan fingerprint density at radius 1 is 1.07 bits per heavy atom. The molecule has 1 fully saturated rings. The van der Waals surface area contributed by atoms with Gasteiger partial charge in [-0.2, -0.15) is 13.2 Å². The van der Waals surface area contributed by atoms with E-state index >= 15 is 0 Å². The number of halogens is 3. The van der Waals surface area contributed by atoms with Crippen molar-refractivity contribution in [2.24, 2.45) is 9.98 Å². The van der Waals surface area contributed by atoms with Gasteiger partial charge in [0.15, 0.2) is 0 Å². The monoisotopic (exact) mass is 598 g/mol. The van der Waals surface area contributed by atoms with Gasteiger partial charge in [0, 0.05) is 66.1 Å². The molecule has 4 heterocycles. The summed E-state index contributed by atoms with van der Waals surface area (Å²) in [6, 6.07) is 16.2. The molecule has 1 atom stereocenters. The quantitative estimate of drug-likeness (QED) is 0.382. The lowest BCUT2D eigenvalue weighted by Gasteiger charge is -2.31. The summed E-state index contributed by atoms with van der Waals surface area (Å²) < 4.78 is 41.2. The molecule has 0 saturated carbocycles. The topological polar surface area (TPSA) is 68.7 Å². The minimum atomic E-state index is -4.37. The Kier molecular flexibility index (Phi) is 8.93. The van der Waals surface area contributed by atoms with Crippen LogP contribution in [0.4, 0.5) is 13.2 Å². The summed E-state index contributed by atoms with van der Waals surface area (Å²) in [5, 5.41) is 5.03. The first-order chi connectivity index (χ1) is 21.3. The lowest BCUT2D eigenvalue weighted by Crippen LogP contribution is -2.36. The van der Waals surface area contributed by atoms with Crippen molar-refractivity contribution in [3.8, 4) is 0 Å². The number of nitrogens with one attached hydrogen (secondary N) is 2. The number of piperidine rings is 1. The number of guanidine groups is 1. The molecule has 0 unspecified atom stereocenters. The second kappa shape index (κ2) is 13.2. The number of hydrogen-bond donors (Lipinski definition) is 2. The summed E-state index contributed by atoms with van der Waals surface area (Å²) in [5.41, 5.74) is 4.41. The van der Waals surface area contributed by atoms with Gasteiger partial charge in [-0.3, -0.25) is 4.98 Å². The molecule has 1 aliphatic carbocycles. The second-order valence-electron chi connectivity index (χ2n) is 11.6. The lowest BCUT2D eigenvalue weighted by atomic mass is 9.93. The molecule has 3 aliphatic rings. The number of rotatable bonds is 6. The van der Waals surface area contributed by atoms with Crippen molar-refractivity contribution in [2.75, 3.05) is 19.6 Å². The van der Waals surface area contributed by atoms with Crippen LogP contribution in [0.1, 0.15) is 61.4 Å². The molecule has 3 aromatic rings. The van der Waals surface area contributed by atoms with Gasteiger partial charge in [0.05, 0.1) is 11.4 Å². The molecule has 0 spiro atoms. The molecule has 9 heteroatoms. The van der Waals surface area contributed by atoms with Crippen molar-refractivity contribution in [1.82, 2.24) is 20.2 Å². The first-order valence-corrected chi connectivity index (χ1v) is 15.3. The Morgan fingerprint density at radius 2 is 1.84 bits per heavy atom. The Bertz CT molecular complexity index is 1690. The average Bonchev–Trinajstić information content (AvgIpc) is 3.51. The van der Waals surface area contributed by atoms with Crippen molar-refractivity contribution in [2.45, 2.75) is 57.2 Å². The van der Waals surface area contributed by atoms with E-state index in [0.29, 0.717) is 23.9 Å². The third-order valence-electron chi connectivity index (χ3n) is 8.69. The Balaban J connectivity index is 1.29. The van der Waals surface area contributed by atoms with E-state index in [2.05, 4.69) is 43.4 Å². The van der Waals surface area contributed by atoms with Gasteiger partial charge in [-0.05, 0) is 74.2 Å². The van der Waals surface area contributed by atoms with Crippen LogP contribution in [0.2, 0.25) is 0 Å². The molecule has 1 aromatic carbocycles. The minimum Gasteiger partial charge on any atom is -0.358 e. The zero-order valence-electron chi connectivity index (χ0n) is 24.8. The fraction of sp³-hybridized carbons (Fsp3) is 0.343. The number of pyridine rings is 1. The molecule has 0 radical (unpaired) electrons. The second-order valence-corrected chi connectivity index (χ2v) is 11.6. The highest BCUT2D eigenvalue weighted by Gasteiger charge is 2.34. The molecule has 1 saturated heterocycles. The number of aromatic nitrogens is 2. The maximum absolute atomic E-state index is 13.7. The van der Waals surface area contributed by atoms with Crippen molar-refractivity contribution < 1.29 is 13.2 Å². The number of alkyl halides is 3. The molecule has 0 amide bonds. The Labute approximate surface area is 255 Å². The lowest BCUT2D eigenvalue weighted by molar-refractivity contribution is -0.0927. The van der Waals surface area contributed by atoms with E-state index in [1.165, 1.54) is 17.7 Å². The van der Waals surface area contributed by atoms with E-state index in [9.17, 15) is 13.2 Å². The highest BCUT2D eigenvalue weighted by molar-refractivity contribution is 5.98. The van der Waals surface area contributed by atoms with Crippen LogP contribution >= 0.6 is 0 Å². The molecule has 0 bridgehead atoms. The maximum Gasteiger partial charge on any atom is 0.413 e. The van der Waals surface area contributed by atoms with Gasteiger partial charge in [-0.1, -0.05) is 48.6 Å². The van der Waals surface area contributed by atoms with E-state index in [0.717, 1.165) is 66.4 Å². The molecule has 6 nitrogen and oxygen atoms in total. The fourth-order valence-corrected chi connectivity index (χ4v) is 6.13. The number of likely N-dealkylation sites (tertiary alicyclic amines) is 1. The number of benzene rings is 1. The number of aromatic amines is 1. The third kappa shape index (κ3) is 7.10. The molecular weight excluding hydrogens is 561 g/mol. The van der Waals surface area contributed by atoms with E-state index < -0.39 is 11.7 Å². The number of nitrogens with zero attached hydrogens (tertiary/aromatic N) is 4. The summed E-state index contributed by atoms with van der Waals surface area (Å²) >= 11 is 0. The van der Waals surface area contributed by atoms with Gasteiger partial charge >= 0.3 is 6.18 Å². The SMILES string of the molecule is C[C@H](N=C1N=CCC(=c2cc(C3CCN(CCc4ccncc4)CC3)[nH]c2=C2C=CC=C(C(F)(F)F)C2)N1)c1ccccc1. The van der Waals surface area contributed by atoms with Crippen molar-refractivity contribution in [3.63, 3.8) is 0 Å². The minimum absolute atomic E-state index is 0.102. The normalized spacial score (nSPS) is 22.2. The van der Waals surface area contributed by atoms with Crippen LogP contribution in [0.3, 0.4) is 0 Å². The summed E-state index contributed by atoms with van der Waals surface area (Å²) in [5.74, 6) is 0.799. The van der Waals surface area contributed by atoms with Crippen LogP contribution in [-0.4, -0.2) is 52.9 Å². The molecular formula is C35H37F3N6. The largest absolute Gasteiger partial charge is 0.413 e. The molecule has 6 rings (SSSR count). The van der Waals surface area contributed by atoms with Gasteiger partial charge in [-0.15, -0.1) is 0 Å². The maximum atomic E-state index is 13.7. The zero-order valence-corrected chi connectivity index (χ0v) is 24.8. The molecule has 2 aliphatic heterocycles. The van der Waals surface area contributed by atoms with Crippen molar-refractivity contribution >= 4 is 23.4 Å². The van der Waals surface area contributed by atoms with Crippen LogP contribution in [0, 0.1) is 0 Å². The zero-order chi connectivity index (χ0) is 30.5. The molecule has 2 aromatic heterocycles. The molecule has 2 N–H and O–H groups in total. The van der Waals surface area contributed by atoms with Crippen molar-refractivity contribution in [1.29, 1.82) is 0 Å². The van der Waals surface area contributed by atoms with Gasteiger partial charge in [-0.25, -0.2) is 9.98 Å². The summed E-state index contributed by atoms with van der Waals surface area (Å²) in [6.45, 7) is 4.97. The summed E-state index contributed by atoms with van der Waals surface area (Å²) in [7, 11) is 0. The van der Waals surface area contributed by atoms with Crippen LogP contribution in [-0.2, 0) is 6.42 Å². The first-order valence-electron chi connectivity index (χ1n) is 15.3. The van der Waals surface area contributed by atoms with Gasteiger partial charge in [0.2, 0.25) is 5.96 Å². The molecule has 44 heavy (non-hydrogen) atoms. The standard InChI is InChI=1S/C35H37F3N6/c1-24(26-6-3-2-4-7-26)41-34-40-18-12-31(43-34)30-23-32(42-33(30)28-8-5-9-29(22-28)35(36,37)38)27-14-20-44(21-15-27)19-13-25-10-16-39-17-11-25/h2-11,16-18,23-24,27,42H,12-15,19-22H2,1H3,(H,41,43)/t24-/m0/s1. The fourth-order valence-electron chi connectivity index (χ4n) is 6.13. The van der Waals surface area contributed by atoms with Gasteiger partial charge < -0.3 is 15.2 Å². The number of aliphatic imine (C=N–C) groups is 2. The van der Waals surface area contributed by atoms with Crippen molar-refractivity contribution in [3.05, 3.63) is 112 Å². The Morgan fingerprint density at radius 3 is 2.59 bits per heavy atom. The van der Waals surface area contributed by atoms with E-state index in [-0.39, 0.29) is 12.5 Å². The predicted molar refractivity (Wildman–Crippen MR) is 170 cm³/mol.